The van der Waals surface area contributed by atoms with E-state index in [2.05, 4.69) is 34.7 Å². The summed E-state index contributed by atoms with van der Waals surface area (Å²) in [6.45, 7) is 0.962. The summed E-state index contributed by atoms with van der Waals surface area (Å²) in [6.07, 6.45) is 1.07. The summed E-state index contributed by atoms with van der Waals surface area (Å²) in [5.41, 5.74) is 4.53. The zero-order valence-electron chi connectivity index (χ0n) is 10.4. The van der Waals surface area contributed by atoms with Crippen LogP contribution in [0.4, 0.5) is 0 Å². The molecule has 4 nitrogen and oxygen atoms in total. The molecule has 0 saturated heterocycles. The fourth-order valence-electron chi connectivity index (χ4n) is 2.66. The number of fused-ring (bicyclic) bond motifs is 1. The predicted octanol–water partition coefficient (Wildman–Crippen LogP) is 1.15. The highest BCUT2D eigenvalue weighted by molar-refractivity contribution is 5.37. The molecule has 1 atom stereocenters. The third-order valence-corrected chi connectivity index (χ3v) is 3.53. The summed E-state index contributed by atoms with van der Waals surface area (Å²) in [5, 5.41) is 17.0. The van der Waals surface area contributed by atoms with Crippen molar-refractivity contribution in [2.75, 3.05) is 6.54 Å². The van der Waals surface area contributed by atoms with Crippen molar-refractivity contribution in [1.29, 1.82) is 0 Å². The number of hydrogen-bond acceptors (Lipinski definition) is 3. The van der Waals surface area contributed by atoms with E-state index in [1.807, 2.05) is 17.8 Å². The number of nitrogens with zero attached hydrogens (tertiary/aromatic N) is 2. The maximum absolute atomic E-state index is 9.17. The molecule has 18 heavy (non-hydrogen) atoms. The quantitative estimate of drug-likeness (QED) is 0.832. The molecule has 0 bridgehead atoms. The summed E-state index contributed by atoms with van der Waals surface area (Å²) >= 11 is 0. The molecule has 0 fully saturated rings. The summed E-state index contributed by atoms with van der Waals surface area (Å²) in [7, 11) is 1.92. The Morgan fingerprint density at radius 1 is 1.44 bits per heavy atom. The van der Waals surface area contributed by atoms with Crippen LogP contribution in [0.2, 0.25) is 0 Å². The first-order valence-electron chi connectivity index (χ1n) is 6.24. The van der Waals surface area contributed by atoms with Crippen LogP contribution in [0.3, 0.4) is 0 Å². The highest BCUT2D eigenvalue weighted by Gasteiger charge is 2.23. The van der Waals surface area contributed by atoms with Gasteiger partial charge in [-0.25, -0.2) is 0 Å². The average Bonchev–Trinajstić information content (AvgIpc) is 2.79. The Morgan fingerprint density at radius 3 is 3.06 bits per heavy atom. The number of rotatable bonds is 2. The van der Waals surface area contributed by atoms with Gasteiger partial charge in [0.2, 0.25) is 0 Å². The summed E-state index contributed by atoms with van der Waals surface area (Å²) in [6, 6.07) is 10.7. The van der Waals surface area contributed by atoms with Gasteiger partial charge in [0.05, 0.1) is 24.0 Å². The minimum atomic E-state index is -0.0117. The summed E-state index contributed by atoms with van der Waals surface area (Å²) in [5.74, 6) is 0. The average molecular weight is 243 g/mol. The third kappa shape index (κ3) is 1.83. The molecular formula is C14H17N3O. The van der Waals surface area contributed by atoms with Crippen LogP contribution >= 0.6 is 0 Å². The van der Waals surface area contributed by atoms with E-state index in [-0.39, 0.29) is 12.6 Å². The van der Waals surface area contributed by atoms with Crippen LogP contribution < -0.4 is 5.32 Å². The topological polar surface area (TPSA) is 50.1 Å². The van der Waals surface area contributed by atoms with Gasteiger partial charge < -0.3 is 10.4 Å². The summed E-state index contributed by atoms with van der Waals surface area (Å²) in [4.78, 5) is 0. The normalized spacial score (nSPS) is 18.7. The minimum Gasteiger partial charge on any atom is -0.390 e. The molecule has 0 saturated carbocycles. The van der Waals surface area contributed by atoms with Crippen LogP contribution in [0, 0.1) is 0 Å². The minimum absolute atomic E-state index is 0.0117. The molecular weight excluding hydrogens is 226 g/mol. The molecule has 2 N–H and O–H groups in total. The zero-order chi connectivity index (χ0) is 12.5. The Kier molecular flexibility index (Phi) is 2.89. The lowest BCUT2D eigenvalue weighted by molar-refractivity contribution is 0.275. The number of aryl methyl sites for hydroxylation is 1. The van der Waals surface area contributed by atoms with Crippen molar-refractivity contribution in [1.82, 2.24) is 15.1 Å². The second kappa shape index (κ2) is 4.55. The van der Waals surface area contributed by atoms with Gasteiger partial charge >= 0.3 is 0 Å². The molecule has 2 heterocycles. The fourth-order valence-corrected chi connectivity index (χ4v) is 2.66. The maximum Gasteiger partial charge on any atom is 0.0882 e. The lowest BCUT2D eigenvalue weighted by atomic mass is 9.92. The van der Waals surface area contributed by atoms with Gasteiger partial charge in [0.25, 0.3) is 0 Å². The number of nitrogens with one attached hydrogen (secondary N) is 1. The van der Waals surface area contributed by atoms with Crippen molar-refractivity contribution in [2.24, 2.45) is 7.05 Å². The van der Waals surface area contributed by atoms with Crippen LogP contribution in [0.1, 0.15) is 28.6 Å². The van der Waals surface area contributed by atoms with Gasteiger partial charge in [-0.3, -0.25) is 4.68 Å². The molecule has 0 spiro atoms. The third-order valence-electron chi connectivity index (χ3n) is 3.53. The molecule has 0 aliphatic carbocycles. The van der Waals surface area contributed by atoms with Gasteiger partial charge in [-0.2, -0.15) is 5.10 Å². The first-order chi connectivity index (χ1) is 8.79. The van der Waals surface area contributed by atoms with Gasteiger partial charge in [-0.1, -0.05) is 24.3 Å². The Balaban J connectivity index is 2.05. The second-order valence-electron chi connectivity index (χ2n) is 4.68. The Bertz CT molecular complexity index is 562. The van der Waals surface area contributed by atoms with Crippen molar-refractivity contribution >= 4 is 0 Å². The Labute approximate surface area is 106 Å². The van der Waals surface area contributed by atoms with E-state index in [0.717, 1.165) is 24.4 Å². The largest absolute Gasteiger partial charge is 0.390 e. The molecule has 1 unspecified atom stereocenters. The number of aliphatic hydroxyl groups excluding tert-OH is 1. The van der Waals surface area contributed by atoms with E-state index < -0.39 is 0 Å². The number of aromatic nitrogens is 2. The molecule has 1 aromatic heterocycles. The van der Waals surface area contributed by atoms with Gasteiger partial charge in [-0.15, -0.1) is 0 Å². The molecule has 1 aliphatic heterocycles. The molecule has 0 radical (unpaired) electrons. The standard InChI is InChI=1S/C14H17N3O/c1-17-13(8-11(9-18)16-17)14-12-5-3-2-4-10(12)6-7-15-14/h2-5,8,14-15,18H,6-7,9H2,1H3. The monoisotopic (exact) mass is 243 g/mol. The van der Waals surface area contributed by atoms with E-state index in [1.54, 1.807) is 0 Å². The van der Waals surface area contributed by atoms with E-state index in [9.17, 15) is 5.11 Å². The van der Waals surface area contributed by atoms with Gasteiger partial charge in [-0.05, 0) is 23.6 Å². The van der Waals surface area contributed by atoms with Crippen molar-refractivity contribution in [3.63, 3.8) is 0 Å². The van der Waals surface area contributed by atoms with Crippen molar-refractivity contribution in [3.8, 4) is 0 Å². The van der Waals surface area contributed by atoms with E-state index in [1.165, 1.54) is 11.1 Å². The van der Waals surface area contributed by atoms with E-state index in [4.69, 9.17) is 0 Å². The number of hydrogen-bond donors (Lipinski definition) is 2. The molecule has 4 heteroatoms. The number of aliphatic hydroxyl groups is 1. The summed E-state index contributed by atoms with van der Waals surface area (Å²) < 4.78 is 1.85. The van der Waals surface area contributed by atoms with Crippen LogP contribution in [-0.4, -0.2) is 21.4 Å². The molecule has 94 valence electrons. The van der Waals surface area contributed by atoms with Gasteiger partial charge in [0.1, 0.15) is 0 Å². The maximum atomic E-state index is 9.17. The van der Waals surface area contributed by atoms with E-state index >= 15 is 0 Å². The van der Waals surface area contributed by atoms with E-state index in [0.29, 0.717) is 0 Å². The van der Waals surface area contributed by atoms with Crippen LogP contribution in [-0.2, 0) is 20.1 Å². The molecule has 2 aromatic rings. The van der Waals surface area contributed by atoms with Crippen molar-refractivity contribution < 1.29 is 5.11 Å². The highest BCUT2D eigenvalue weighted by Crippen LogP contribution is 2.28. The molecule has 1 aromatic carbocycles. The Morgan fingerprint density at radius 2 is 2.28 bits per heavy atom. The van der Waals surface area contributed by atoms with Crippen molar-refractivity contribution in [2.45, 2.75) is 19.1 Å². The van der Waals surface area contributed by atoms with Gasteiger partial charge in [0, 0.05) is 13.6 Å². The SMILES string of the molecule is Cn1nc(CO)cc1C1NCCc2ccccc21. The lowest BCUT2D eigenvalue weighted by Crippen LogP contribution is -2.31. The molecule has 3 rings (SSSR count). The molecule has 0 amide bonds. The number of benzene rings is 1. The predicted molar refractivity (Wildman–Crippen MR) is 69.1 cm³/mol. The first-order valence-corrected chi connectivity index (χ1v) is 6.24. The van der Waals surface area contributed by atoms with Crippen LogP contribution in [0.15, 0.2) is 30.3 Å². The van der Waals surface area contributed by atoms with Gasteiger partial charge in [0.15, 0.2) is 0 Å². The Hall–Kier alpha value is -1.65. The van der Waals surface area contributed by atoms with Crippen molar-refractivity contribution in [3.05, 3.63) is 52.8 Å². The first kappa shape index (κ1) is 11.4. The smallest absolute Gasteiger partial charge is 0.0882 e. The highest BCUT2D eigenvalue weighted by atomic mass is 16.3. The van der Waals surface area contributed by atoms with Crippen LogP contribution in [0.25, 0.3) is 0 Å². The second-order valence-corrected chi connectivity index (χ2v) is 4.68. The zero-order valence-corrected chi connectivity index (χ0v) is 10.4. The lowest BCUT2D eigenvalue weighted by Gasteiger charge is -2.26. The fraction of sp³-hybridized carbons (Fsp3) is 0.357. The van der Waals surface area contributed by atoms with Crippen LogP contribution in [0.5, 0.6) is 0 Å². The molecule has 1 aliphatic rings.